The number of hydrogen-bond donors (Lipinski definition) is 1. The number of nitrogens with one attached hydrogen (secondary N) is 1. The Labute approximate surface area is 109 Å². The molecule has 0 unspecified atom stereocenters. The Balaban J connectivity index is 2.84. The number of hydrogen-bond acceptors (Lipinski definition) is 2. The number of halogens is 3. The molecule has 1 aromatic rings. The molecule has 0 radical (unpaired) electrons. The van der Waals surface area contributed by atoms with Crippen LogP contribution in [0.3, 0.4) is 0 Å². The molecule has 0 aliphatic rings. The summed E-state index contributed by atoms with van der Waals surface area (Å²) < 4.78 is 3.32. The fraction of sp³-hybridized carbons (Fsp3) is 0.300. The average molecular weight is 283 g/mol. The molecule has 16 heavy (non-hydrogen) atoms. The van der Waals surface area contributed by atoms with Crippen molar-refractivity contribution in [3.8, 4) is 5.75 Å². The maximum Gasteiger partial charge on any atom is 0.276 e. The van der Waals surface area contributed by atoms with Gasteiger partial charge in [0.05, 0.1) is 12.3 Å². The lowest BCUT2D eigenvalue weighted by Gasteiger charge is -2.14. The van der Waals surface area contributed by atoms with Crippen LogP contribution in [0.2, 0.25) is 0 Å². The van der Waals surface area contributed by atoms with Crippen molar-refractivity contribution >= 4 is 46.4 Å². The molecule has 0 aliphatic carbocycles. The molecule has 0 aliphatic heterocycles. The van der Waals surface area contributed by atoms with Crippen LogP contribution in [0.4, 0.5) is 5.69 Å². The minimum atomic E-state index is -1.99. The second-order valence-electron chi connectivity index (χ2n) is 2.88. The van der Waals surface area contributed by atoms with Crippen LogP contribution < -0.4 is 10.1 Å². The van der Waals surface area contributed by atoms with Crippen LogP contribution >= 0.6 is 34.8 Å². The van der Waals surface area contributed by atoms with Crippen molar-refractivity contribution < 1.29 is 9.53 Å². The quantitative estimate of drug-likeness (QED) is 0.863. The minimum absolute atomic E-state index is 0.473. The molecule has 88 valence electrons. The first-order chi connectivity index (χ1) is 7.45. The van der Waals surface area contributed by atoms with Gasteiger partial charge in [-0.2, -0.15) is 0 Å². The Morgan fingerprint density at radius 3 is 2.56 bits per heavy atom. The number of ether oxygens (including phenoxy) is 1. The van der Waals surface area contributed by atoms with Crippen LogP contribution in [-0.4, -0.2) is 16.3 Å². The smallest absolute Gasteiger partial charge is 0.276 e. The van der Waals surface area contributed by atoms with Crippen LogP contribution in [0.1, 0.15) is 6.92 Å². The molecule has 0 atom stereocenters. The number of benzene rings is 1. The van der Waals surface area contributed by atoms with Crippen molar-refractivity contribution in [3.05, 3.63) is 24.3 Å². The summed E-state index contributed by atoms with van der Waals surface area (Å²) in [6.07, 6.45) is 0. The van der Waals surface area contributed by atoms with E-state index in [1.807, 2.05) is 6.92 Å². The van der Waals surface area contributed by atoms with Crippen molar-refractivity contribution in [1.29, 1.82) is 0 Å². The van der Waals surface area contributed by atoms with E-state index in [0.717, 1.165) is 0 Å². The van der Waals surface area contributed by atoms with Crippen molar-refractivity contribution in [2.24, 2.45) is 0 Å². The first-order valence-corrected chi connectivity index (χ1v) is 5.68. The van der Waals surface area contributed by atoms with Crippen LogP contribution in [-0.2, 0) is 4.79 Å². The molecule has 0 bridgehead atoms. The van der Waals surface area contributed by atoms with Gasteiger partial charge in [0.25, 0.3) is 9.70 Å². The average Bonchev–Trinajstić information content (AvgIpc) is 2.20. The highest BCUT2D eigenvalue weighted by molar-refractivity contribution is 6.76. The molecular weight excluding hydrogens is 272 g/mol. The number of anilines is 1. The largest absolute Gasteiger partial charge is 0.492 e. The van der Waals surface area contributed by atoms with Crippen molar-refractivity contribution in [2.75, 3.05) is 11.9 Å². The van der Waals surface area contributed by atoms with E-state index in [9.17, 15) is 4.79 Å². The lowest BCUT2D eigenvalue weighted by atomic mass is 10.3. The molecule has 1 rings (SSSR count). The van der Waals surface area contributed by atoms with Crippen LogP contribution in [0, 0.1) is 0 Å². The zero-order valence-electron chi connectivity index (χ0n) is 8.47. The van der Waals surface area contributed by atoms with Crippen molar-refractivity contribution in [3.63, 3.8) is 0 Å². The topological polar surface area (TPSA) is 38.3 Å². The van der Waals surface area contributed by atoms with E-state index in [1.54, 1.807) is 24.3 Å². The fourth-order valence-corrected chi connectivity index (χ4v) is 1.19. The summed E-state index contributed by atoms with van der Waals surface area (Å²) in [6, 6.07) is 6.92. The molecule has 1 amide bonds. The zero-order chi connectivity index (χ0) is 12.2. The summed E-state index contributed by atoms with van der Waals surface area (Å²) in [6.45, 7) is 2.33. The summed E-state index contributed by atoms with van der Waals surface area (Å²) in [5.74, 6) is -0.183. The fourth-order valence-electron chi connectivity index (χ4n) is 1.04. The normalized spacial score (nSPS) is 11.0. The van der Waals surface area contributed by atoms with Gasteiger partial charge in [-0.1, -0.05) is 46.9 Å². The monoisotopic (exact) mass is 281 g/mol. The van der Waals surface area contributed by atoms with Gasteiger partial charge in [-0.05, 0) is 19.1 Å². The molecule has 6 heteroatoms. The first kappa shape index (κ1) is 13.4. The number of amides is 1. The summed E-state index contributed by atoms with van der Waals surface area (Å²) in [5.41, 5.74) is 0.473. The van der Waals surface area contributed by atoms with E-state index in [0.29, 0.717) is 18.0 Å². The molecule has 1 N–H and O–H groups in total. The predicted octanol–water partition coefficient (Wildman–Crippen LogP) is 3.39. The van der Waals surface area contributed by atoms with E-state index in [4.69, 9.17) is 39.5 Å². The first-order valence-electron chi connectivity index (χ1n) is 4.55. The molecule has 0 saturated heterocycles. The van der Waals surface area contributed by atoms with Crippen molar-refractivity contribution in [2.45, 2.75) is 10.7 Å². The van der Waals surface area contributed by atoms with E-state index < -0.39 is 9.70 Å². The number of carbonyl (C=O) groups is 1. The van der Waals surface area contributed by atoms with Gasteiger partial charge in [0, 0.05) is 0 Å². The van der Waals surface area contributed by atoms with Gasteiger partial charge in [-0.25, -0.2) is 0 Å². The van der Waals surface area contributed by atoms with Crippen molar-refractivity contribution in [1.82, 2.24) is 0 Å². The van der Waals surface area contributed by atoms with Gasteiger partial charge in [0.1, 0.15) is 5.75 Å². The molecular formula is C10H10Cl3NO2. The second kappa shape index (κ2) is 5.62. The Hall–Kier alpha value is -0.640. The number of para-hydroxylation sites is 2. The van der Waals surface area contributed by atoms with E-state index in [2.05, 4.69) is 5.32 Å². The lowest BCUT2D eigenvalue weighted by Crippen LogP contribution is -2.27. The lowest BCUT2D eigenvalue weighted by molar-refractivity contribution is -0.115. The number of rotatable bonds is 3. The molecule has 0 aromatic heterocycles. The highest BCUT2D eigenvalue weighted by Crippen LogP contribution is 2.30. The third-order valence-electron chi connectivity index (χ3n) is 1.69. The SMILES string of the molecule is CCOc1ccccc1NC(=O)C(Cl)(Cl)Cl. The van der Waals surface area contributed by atoms with Crippen LogP contribution in [0.25, 0.3) is 0 Å². The second-order valence-corrected chi connectivity index (χ2v) is 5.16. The van der Waals surface area contributed by atoms with Crippen LogP contribution in [0.5, 0.6) is 5.75 Å². The van der Waals surface area contributed by atoms with Gasteiger partial charge in [0.15, 0.2) is 0 Å². The Morgan fingerprint density at radius 1 is 1.38 bits per heavy atom. The Kier molecular flexibility index (Phi) is 4.71. The van der Waals surface area contributed by atoms with E-state index in [1.165, 1.54) is 0 Å². The van der Waals surface area contributed by atoms with Gasteiger partial charge in [-0.3, -0.25) is 4.79 Å². The highest BCUT2D eigenvalue weighted by atomic mass is 35.6. The molecule has 0 fully saturated rings. The maximum atomic E-state index is 11.4. The van der Waals surface area contributed by atoms with Gasteiger partial charge < -0.3 is 10.1 Å². The summed E-state index contributed by atoms with van der Waals surface area (Å²) in [7, 11) is 0. The van der Waals surface area contributed by atoms with Gasteiger partial charge in [-0.15, -0.1) is 0 Å². The Bertz CT molecular complexity index is 377. The number of alkyl halides is 3. The van der Waals surface area contributed by atoms with Crippen LogP contribution in [0.15, 0.2) is 24.3 Å². The molecule has 0 saturated carbocycles. The maximum absolute atomic E-state index is 11.4. The summed E-state index contributed by atoms with van der Waals surface area (Å²) in [4.78, 5) is 11.4. The number of carbonyl (C=O) groups excluding carboxylic acids is 1. The third-order valence-corrected chi connectivity index (χ3v) is 2.21. The molecule has 0 heterocycles. The predicted molar refractivity (Wildman–Crippen MR) is 66.5 cm³/mol. The zero-order valence-corrected chi connectivity index (χ0v) is 10.7. The summed E-state index contributed by atoms with van der Waals surface area (Å²) in [5, 5.41) is 2.48. The minimum Gasteiger partial charge on any atom is -0.492 e. The molecule has 1 aromatic carbocycles. The highest BCUT2D eigenvalue weighted by Gasteiger charge is 2.31. The van der Waals surface area contributed by atoms with Gasteiger partial charge in [0.2, 0.25) is 0 Å². The standard InChI is InChI=1S/C10H10Cl3NO2/c1-2-16-8-6-4-3-5-7(8)14-9(15)10(11,12)13/h3-6H,2H2,1H3,(H,14,15). The summed E-state index contributed by atoms with van der Waals surface area (Å²) >= 11 is 16.3. The van der Waals surface area contributed by atoms with E-state index >= 15 is 0 Å². The molecule has 3 nitrogen and oxygen atoms in total. The Morgan fingerprint density at radius 2 is 2.00 bits per heavy atom. The third kappa shape index (κ3) is 3.74. The molecule has 0 spiro atoms. The van der Waals surface area contributed by atoms with E-state index in [-0.39, 0.29) is 0 Å². The van der Waals surface area contributed by atoms with Gasteiger partial charge >= 0.3 is 0 Å².